The van der Waals surface area contributed by atoms with Gasteiger partial charge in [0.15, 0.2) is 0 Å². The summed E-state index contributed by atoms with van der Waals surface area (Å²) in [6, 6.07) is 20.2. The van der Waals surface area contributed by atoms with Crippen LogP contribution < -0.4 is 5.73 Å². The van der Waals surface area contributed by atoms with Crippen LogP contribution >= 0.6 is 0 Å². The SMILES string of the molecule is COC(=O)c1cc(-c2ccc(C3CCN(C(=O)C(F)(F)F)CC3)cc2)cc(-n2cc(-c3cccc(N)c3)nn2)c1. The average molecular weight is 550 g/mol. The minimum atomic E-state index is -4.85. The highest BCUT2D eigenvalue weighted by atomic mass is 19.4. The van der Waals surface area contributed by atoms with Crippen LogP contribution in [0.5, 0.6) is 0 Å². The van der Waals surface area contributed by atoms with Gasteiger partial charge in [0.1, 0.15) is 5.69 Å². The Kier molecular flexibility index (Phi) is 7.29. The van der Waals surface area contributed by atoms with E-state index in [1.165, 1.54) is 7.11 Å². The molecule has 0 aliphatic carbocycles. The largest absolute Gasteiger partial charge is 0.471 e. The van der Waals surface area contributed by atoms with E-state index in [1.807, 2.05) is 42.5 Å². The van der Waals surface area contributed by atoms with Crippen molar-refractivity contribution < 1.29 is 27.5 Å². The number of hydrogen-bond acceptors (Lipinski definition) is 6. The number of anilines is 1. The molecule has 0 radical (unpaired) electrons. The second-order valence-corrected chi connectivity index (χ2v) is 9.62. The minimum Gasteiger partial charge on any atom is -0.465 e. The summed E-state index contributed by atoms with van der Waals surface area (Å²) in [7, 11) is 1.31. The summed E-state index contributed by atoms with van der Waals surface area (Å²) >= 11 is 0. The van der Waals surface area contributed by atoms with Crippen LogP contribution in [-0.4, -0.2) is 58.1 Å². The lowest BCUT2D eigenvalue weighted by molar-refractivity contribution is -0.186. The van der Waals surface area contributed by atoms with Crippen molar-refractivity contribution in [3.8, 4) is 28.1 Å². The van der Waals surface area contributed by atoms with E-state index >= 15 is 0 Å². The van der Waals surface area contributed by atoms with E-state index in [2.05, 4.69) is 10.3 Å². The Balaban J connectivity index is 1.39. The monoisotopic (exact) mass is 549 g/mol. The molecule has 8 nitrogen and oxygen atoms in total. The molecule has 2 heterocycles. The molecule has 40 heavy (non-hydrogen) atoms. The molecule has 0 spiro atoms. The van der Waals surface area contributed by atoms with Gasteiger partial charge >= 0.3 is 18.1 Å². The number of carbonyl (C=O) groups is 2. The van der Waals surface area contributed by atoms with Gasteiger partial charge in [0, 0.05) is 24.3 Å². The lowest BCUT2D eigenvalue weighted by Crippen LogP contribution is -2.45. The molecule has 0 unspecified atom stereocenters. The van der Waals surface area contributed by atoms with Crippen molar-refractivity contribution in [3.63, 3.8) is 0 Å². The number of nitrogens with zero attached hydrogens (tertiary/aromatic N) is 4. The van der Waals surface area contributed by atoms with Crippen molar-refractivity contribution >= 4 is 17.6 Å². The number of halogens is 3. The summed E-state index contributed by atoms with van der Waals surface area (Å²) in [5, 5.41) is 8.49. The van der Waals surface area contributed by atoms with Crippen molar-refractivity contribution in [1.29, 1.82) is 0 Å². The van der Waals surface area contributed by atoms with E-state index in [9.17, 15) is 22.8 Å². The van der Waals surface area contributed by atoms with Gasteiger partial charge < -0.3 is 15.4 Å². The van der Waals surface area contributed by atoms with Gasteiger partial charge in [-0.05, 0) is 65.8 Å². The third-order valence-corrected chi connectivity index (χ3v) is 7.02. The summed E-state index contributed by atoms with van der Waals surface area (Å²) in [6.07, 6.45) is -2.21. The average Bonchev–Trinajstić information content (AvgIpc) is 3.46. The zero-order valence-corrected chi connectivity index (χ0v) is 21.6. The molecule has 0 bridgehead atoms. The Labute approximate surface area is 228 Å². The maximum atomic E-state index is 12.8. The molecular weight excluding hydrogens is 523 g/mol. The summed E-state index contributed by atoms with van der Waals surface area (Å²) in [5.41, 5.74) is 11.4. The van der Waals surface area contributed by atoms with E-state index < -0.39 is 18.1 Å². The van der Waals surface area contributed by atoms with Crippen LogP contribution in [0.3, 0.4) is 0 Å². The summed E-state index contributed by atoms with van der Waals surface area (Å²) in [4.78, 5) is 24.9. The molecule has 1 fully saturated rings. The second kappa shape index (κ2) is 10.8. The highest BCUT2D eigenvalue weighted by Gasteiger charge is 2.43. The van der Waals surface area contributed by atoms with Crippen molar-refractivity contribution in [2.75, 3.05) is 25.9 Å². The molecule has 0 saturated carbocycles. The zero-order valence-electron chi connectivity index (χ0n) is 21.6. The van der Waals surface area contributed by atoms with Crippen LogP contribution in [0.4, 0.5) is 18.9 Å². The van der Waals surface area contributed by atoms with Crippen LogP contribution in [-0.2, 0) is 9.53 Å². The number of rotatable bonds is 5. The molecule has 11 heteroatoms. The molecule has 206 valence electrons. The lowest BCUT2D eigenvalue weighted by Gasteiger charge is -2.32. The number of hydrogen-bond donors (Lipinski definition) is 1. The van der Waals surface area contributed by atoms with Gasteiger partial charge in [-0.15, -0.1) is 5.10 Å². The fourth-order valence-corrected chi connectivity index (χ4v) is 4.91. The van der Waals surface area contributed by atoms with Crippen molar-refractivity contribution in [1.82, 2.24) is 19.9 Å². The molecule has 1 saturated heterocycles. The Bertz CT molecular complexity index is 1540. The van der Waals surface area contributed by atoms with Gasteiger partial charge in [0.25, 0.3) is 0 Å². The molecule has 1 aliphatic heterocycles. The summed E-state index contributed by atoms with van der Waals surface area (Å²) in [5.74, 6) is -2.24. The summed E-state index contributed by atoms with van der Waals surface area (Å²) in [6.45, 7) is 0.121. The van der Waals surface area contributed by atoms with Gasteiger partial charge in [-0.25, -0.2) is 9.48 Å². The van der Waals surface area contributed by atoms with E-state index in [0.717, 1.165) is 27.2 Å². The number of ether oxygens (including phenoxy) is 1. The predicted octanol–water partition coefficient (Wildman–Crippen LogP) is 5.24. The molecule has 5 rings (SSSR count). The highest BCUT2D eigenvalue weighted by molar-refractivity contribution is 5.92. The van der Waals surface area contributed by atoms with E-state index in [0.29, 0.717) is 35.5 Å². The zero-order chi connectivity index (χ0) is 28.4. The number of likely N-dealkylation sites (tertiary alicyclic amines) is 1. The number of esters is 1. The third-order valence-electron chi connectivity index (χ3n) is 7.02. The number of aromatic nitrogens is 3. The topological polar surface area (TPSA) is 103 Å². The Morgan fingerprint density at radius 3 is 2.33 bits per heavy atom. The van der Waals surface area contributed by atoms with Gasteiger partial charge in [-0.3, -0.25) is 4.79 Å². The Morgan fingerprint density at radius 2 is 1.68 bits per heavy atom. The van der Waals surface area contributed by atoms with Gasteiger partial charge in [0.05, 0.1) is 24.6 Å². The Hall–Kier alpha value is -4.67. The van der Waals surface area contributed by atoms with Crippen LogP contribution in [0.25, 0.3) is 28.1 Å². The molecule has 1 amide bonds. The smallest absolute Gasteiger partial charge is 0.465 e. The number of piperidine rings is 1. The summed E-state index contributed by atoms with van der Waals surface area (Å²) < 4.78 is 44.8. The molecular formula is C29H26F3N5O3. The molecule has 1 aromatic heterocycles. The van der Waals surface area contributed by atoms with E-state index in [4.69, 9.17) is 10.5 Å². The van der Waals surface area contributed by atoms with Gasteiger partial charge in [0.2, 0.25) is 0 Å². The lowest BCUT2D eigenvalue weighted by atomic mass is 9.88. The number of amides is 1. The fourth-order valence-electron chi connectivity index (χ4n) is 4.91. The Morgan fingerprint density at radius 1 is 0.950 bits per heavy atom. The number of nitrogen functional groups attached to an aromatic ring is 1. The fraction of sp³-hybridized carbons (Fsp3) is 0.241. The van der Waals surface area contributed by atoms with Crippen molar-refractivity contribution in [2.45, 2.75) is 24.9 Å². The minimum absolute atomic E-state index is 0.0453. The maximum absolute atomic E-state index is 12.8. The number of benzene rings is 3. The molecule has 1 aliphatic rings. The molecule has 2 N–H and O–H groups in total. The van der Waals surface area contributed by atoms with Gasteiger partial charge in [-0.2, -0.15) is 13.2 Å². The first-order valence-corrected chi connectivity index (χ1v) is 12.6. The molecule has 3 aromatic carbocycles. The second-order valence-electron chi connectivity index (χ2n) is 9.62. The first-order valence-electron chi connectivity index (χ1n) is 12.6. The van der Waals surface area contributed by atoms with Crippen molar-refractivity contribution in [2.24, 2.45) is 0 Å². The first-order chi connectivity index (χ1) is 19.1. The van der Waals surface area contributed by atoms with Crippen LogP contribution in [0, 0.1) is 0 Å². The van der Waals surface area contributed by atoms with Crippen molar-refractivity contribution in [3.05, 3.63) is 84.1 Å². The van der Waals surface area contributed by atoms with E-state index in [1.54, 1.807) is 35.1 Å². The van der Waals surface area contributed by atoms with Crippen LogP contribution in [0.2, 0.25) is 0 Å². The normalized spacial score (nSPS) is 14.2. The standard InChI is InChI=1S/C29H26F3N5O3/c1-40-27(38)23-13-22(15-25(16-23)37-17-26(34-35-37)21-3-2-4-24(33)14-21)19-7-5-18(6-8-19)20-9-11-36(12-10-20)28(39)29(30,31)32/h2-8,13-17,20H,9-12,33H2,1H3. The predicted molar refractivity (Wildman–Crippen MR) is 143 cm³/mol. The third kappa shape index (κ3) is 5.68. The number of carbonyl (C=O) groups excluding carboxylic acids is 2. The van der Waals surface area contributed by atoms with Crippen LogP contribution in [0.1, 0.15) is 34.7 Å². The quantitative estimate of drug-likeness (QED) is 0.270. The first kappa shape index (κ1) is 26.9. The van der Waals surface area contributed by atoms with Gasteiger partial charge in [-0.1, -0.05) is 41.6 Å². The number of nitrogens with two attached hydrogens (primary N) is 1. The number of methoxy groups -OCH3 is 1. The number of alkyl halides is 3. The molecule has 0 atom stereocenters. The van der Waals surface area contributed by atoms with E-state index in [-0.39, 0.29) is 19.0 Å². The van der Waals surface area contributed by atoms with Crippen LogP contribution in [0.15, 0.2) is 72.9 Å². The molecule has 4 aromatic rings. The highest BCUT2D eigenvalue weighted by Crippen LogP contribution is 2.32. The maximum Gasteiger partial charge on any atom is 0.471 e.